The van der Waals surface area contributed by atoms with E-state index in [0.29, 0.717) is 18.4 Å². The van der Waals surface area contributed by atoms with Crippen molar-refractivity contribution in [1.29, 1.82) is 0 Å². The van der Waals surface area contributed by atoms with E-state index in [4.69, 9.17) is 0 Å². The van der Waals surface area contributed by atoms with Gasteiger partial charge in [-0.15, -0.1) is 11.8 Å². The quantitative estimate of drug-likeness (QED) is 0.664. The molecule has 1 amide bonds. The van der Waals surface area contributed by atoms with Crippen molar-refractivity contribution in [3.05, 3.63) is 59.4 Å². The lowest BCUT2D eigenvalue weighted by Gasteiger charge is -2.32. The Morgan fingerprint density at radius 3 is 2.41 bits per heavy atom. The fraction of sp³-hybridized carbons (Fsp3) is 0.391. The number of halogens is 1. The molecule has 2 aliphatic heterocycles. The standard InChI is InChI=1S/C23H25FN2O4S2/c1-15(27)16-2-5-19(6-3-16)32(29,30)26-11-8-17(9-12-26)23(28)25-21-10-13-31-22-7-4-18(24)14-20(21)22/h2-7,14,17,21H,8-13H2,1H3,(H,25,28). The maximum atomic E-state index is 13.7. The highest BCUT2D eigenvalue weighted by Gasteiger charge is 2.33. The number of nitrogens with zero attached hydrogens (tertiary/aromatic N) is 1. The van der Waals surface area contributed by atoms with E-state index in [1.54, 1.807) is 17.8 Å². The minimum Gasteiger partial charge on any atom is -0.349 e. The highest BCUT2D eigenvalue weighted by Crippen LogP contribution is 2.37. The molecule has 1 N–H and O–H groups in total. The number of nitrogens with one attached hydrogen (secondary N) is 1. The number of rotatable bonds is 5. The van der Waals surface area contributed by atoms with E-state index >= 15 is 0 Å². The summed E-state index contributed by atoms with van der Waals surface area (Å²) < 4.78 is 41.0. The van der Waals surface area contributed by atoms with Crippen molar-refractivity contribution in [2.24, 2.45) is 5.92 Å². The molecule has 6 nitrogen and oxygen atoms in total. The summed E-state index contributed by atoms with van der Waals surface area (Å²) in [6, 6.07) is 10.4. The second-order valence-electron chi connectivity index (χ2n) is 8.14. The average Bonchev–Trinajstić information content (AvgIpc) is 2.79. The van der Waals surface area contributed by atoms with Gasteiger partial charge >= 0.3 is 0 Å². The second kappa shape index (κ2) is 9.33. The maximum Gasteiger partial charge on any atom is 0.243 e. The Bertz CT molecular complexity index is 1130. The molecule has 0 saturated carbocycles. The van der Waals surface area contributed by atoms with Crippen molar-refractivity contribution in [2.75, 3.05) is 18.8 Å². The van der Waals surface area contributed by atoms with Crippen LogP contribution in [0.3, 0.4) is 0 Å². The van der Waals surface area contributed by atoms with E-state index in [1.165, 1.54) is 47.6 Å². The molecule has 0 bridgehead atoms. The zero-order valence-electron chi connectivity index (χ0n) is 17.7. The van der Waals surface area contributed by atoms with E-state index < -0.39 is 10.0 Å². The third-order valence-corrected chi connectivity index (χ3v) is 9.09. The summed E-state index contributed by atoms with van der Waals surface area (Å²) in [6.45, 7) is 1.93. The summed E-state index contributed by atoms with van der Waals surface area (Å²) in [5, 5.41) is 3.06. The van der Waals surface area contributed by atoms with Gasteiger partial charge < -0.3 is 5.32 Å². The normalized spacial score (nSPS) is 19.9. The smallest absolute Gasteiger partial charge is 0.243 e. The summed E-state index contributed by atoms with van der Waals surface area (Å²) in [5.74, 6) is 0.0130. The minimum absolute atomic E-state index is 0.111. The SMILES string of the molecule is CC(=O)c1ccc(S(=O)(=O)N2CCC(C(=O)NC3CCSc4ccc(F)cc43)CC2)cc1. The number of amides is 1. The zero-order valence-corrected chi connectivity index (χ0v) is 19.3. The van der Waals surface area contributed by atoms with Crippen LogP contribution in [-0.4, -0.2) is 43.3 Å². The lowest BCUT2D eigenvalue weighted by Crippen LogP contribution is -2.44. The van der Waals surface area contributed by atoms with Gasteiger partial charge in [0.15, 0.2) is 5.78 Å². The van der Waals surface area contributed by atoms with Gasteiger partial charge in [0.05, 0.1) is 10.9 Å². The Hall–Kier alpha value is -2.23. The minimum atomic E-state index is -3.68. The topological polar surface area (TPSA) is 83.6 Å². The Morgan fingerprint density at radius 1 is 1.06 bits per heavy atom. The van der Waals surface area contributed by atoms with Gasteiger partial charge in [-0.1, -0.05) is 12.1 Å². The third kappa shape index (κ3) is 4.74. The number of fused-ring (bicyclic) bond motifs is 1. The molecule has 0 radical (unpaired) electrons. The van der Waals surface area contributed by atoms with E-state index in [0.717, 1.165) is 22.6 Å². The zero-order chi connectivity index (χ0) is 22.9. The van der Waals surface area contributed by atoms with Crippen LogP contribution in [0.2, 0.25) is 0 Å². The first kappa shape index (κ1) is 22.9. The van der Waals surface area contributed by atoms with Gasteiger partial charge in [-0.3, -0.25) is 9.59 Å². The molecule has 1 fully saturated rings. The Morgan fingerprint density at radius 2 is 1.75 bits per heavy atom. The molecule has 2 aromatic carbocycles. The molecule has 0 aromatic heterocycles. The fourth-order valence-electron chi connectivity index (χ4n) is 4.17. The predicted molar refractivity (Wildman–Crippen MR) is 121 cm³/mol. The van der Waals surface area contributed by atoms with Crippen molar-refractivity contribution in [3.8, 4) is 0 Å². The summed E-state index contributed by atoms with van der Waals surface area (Å²) >= 11 is 1.66. The van der Waals surface area contributed by atoms with Gasteiger partial charge in [-0.25, -0.2) is 12.8 Å². The van der Waals surface area contributed by atoms with Gasteiger partial charge in [0.25, 0.3) is 0 Å². The Kier molecular flexibility index (Phi) is 6.69. The molecule has 2 heterocycles. The first-order valence-electron chi connectivity index (χ1n) is 10.6. The van der Waals surface area contributed by atoms with Gasteiger partial charge in [-0.2, -0.15) is 4.31 Å². The molecule has 0 spiro atoms. The van der Waals surface area contributed by atoms with Crippen LogP contribution in [0.15, 0.2) is 52.3 Å². The molecule has 1 atom stereocenters. The van der Waals surface area contributed by atoms with Gasteiger partial charge in [0, 0.05) is 35.2 Å². The molecular formula is C23H25FN2O4S2. The molecule has 9 heteroatoms. The number of carbonyl (C=O) groups is 2. The number of carbonyl (C=O) groups excluding carboxylic acids is 2. The van der Waals surface area contributed by atoms with Crippen LogP contribution in [0.5, 0.6) is 0 Å². The number of thioether (sulfide) groups is 1. The van der Waals surface area contributed by atoms with E-state index in [2.05, 4.69) is 5.32 Å². The van der Waals surface area contributed by atoms with Crippen molar-refractivity contribution in [2.45, 2.75) is 42.0 Å². The second-order valence-corrected chi connectivity index (χ2v) is 11.2. The maximum absolute atomic E-state index is 13.7. The fourth-order valence-corrected chi connectivity index (χ4v) is 6.75. The van der Waals surface area contributed by atoms with Crippen LogP contribution in [-0.2, 0) is 14.8 Å². The molecule has 1 saturated heterocycles. The van der Waals surface area contributed by atoms with Crippen LogP contribution >= 0.6 is 11.8 Å². The van der Waals surface area contributed by atoms with Crippen molar-refractivity contribution in [1.82, 2.24) is 9.62 Å². The molecule has 2 aliphatic rings. The first-order chi connectivity index (χ1) is 15.3. The van der Waals surface area contributed by atoms with Crippen molar-refractivity contribution < 1.29 is 22.4 Å². The predicted octanol–water partition coefficient (Wildman–Crippen LogP) is 3.78. The number of Topliss-reactive ketones (excluding diaryl/α,β-unsaturated/α-hetero) is 1. The molecule has 32 heavy (non-hydrogen) atoms. The highest BCUT2D eigenvalue weighted by atomic mass is 32.2. The molecule has 170 valence electrons. The molecule has 2 aromatic rings. The Labute approximate surface area is 191 Å². The van der Waals surface area contributed by atoms with Crippen LogP contribution in [0.4, 0.5) is 4.39 Å². The Balaban J connectivity index is 1.38. The first-order valence-corrected chi connectivity index (χ1v) is 13.0. The number of hydrogen-bond acceptors (Lipinski definition) is 5. The molecule has 0 aliphatic carbocycles. The van der Waals surface area contributed by atoms with Gasteiger partial charge in [0.2, 0.25) is 15.9 Å². The summed E-state index contributed by atoms with van der Waals surface area (Å²) in [5.41, 5.74) is 1.27. The third-order valence-electron chi connectivity index (χ3n) is 6.05. The largest absolute Gasteiger partial charge is 0.349 e. The molecule has 4 rings (SSSR count). The number of benzene rings is 2. The molecular weight excluding hydrogens is 451 g/mol. The van der Waals surface area contributed by atoms with E-state index in [1.807, 2.05) is 0 Å². The number of sulfonamides is 1. The average molecular weight is 477 g/mol. The lowest BCUT2D eigenvalue weighted by molar-refractivity contribution is -0.127. The van der Waals surface area contributed by atoms with Crippen molar-refractivity contribution >= 4 is 33.5 Å². The number of ketones is 1. The van der Waals surface area contributed by atoms with Gasteiger partial charge in [0.1, 0.15) is 5.82 Å². The number of piperidine rings is 1. The monoisotopic (exact) mass is 476 g/mol. The lowest BCUT2D eigenvalue weighted by atomic mass is 9.95. The highest BCUT2D eigenvalue weighted by molar-refractivity contribution is 7.99. The summed E-state index contributed by atoms with van der Waals surface area (Å²) in [7, 11) is -3.68. The number of hydrogen-bond donors (Lipinski definition) is 1. The van der Waals surface area contributed by atoms with E-state index in [9.17, 15) is 22.4 Å². The van der Waals surface area contributed by atoms with E-state index in [-0.39, 0.29) is 47.5 Å². The van der Waals surface area contributed by atoms with Crippen LogP contribution in [0, 0.1) is 11.7 Å². The van der Waals surface area contributed by atoms with Crippen LogP contribution in [0.1, 0.15) is 48.1 Å². The van der Waals surface area contributed by atoms with Crippen LogP contribution < -0.4 is 5.32 Å². The summed E-state index contributed by atoms with van der Waals surface area (Å²) in [6.07, 6.45) is 1.58. The van der Waals surface area contributed by atoms with Crippen molar-refractivity contribution in [3.63, 3.8) is 0 Å². The molecule has 1 unspecified atom stereocenters. The summed E-state index contributed by atoms with van der Waals surface area (Å²) in [4.78, 5) is 25.4. The van der Waals surface area contributed by atoms with Gasteiger partial charge in [-0.05, 0) is 62.1 Å². The van der Waals surface area contributed by atoms with Crippen LogP contribution in [0.25, 0.3) is 0 Å².